The Hall–Kier alpha value is -3.23. The van der Waals surface area contributed by atoms with Gasteiger partial charge in [-0.25, -0.2) is 14.4 Å². The zero-order chi connectivity index (χ0) is 19.6. The van der Waals surface area contributed by atoms with Gasteiger partial charge >= 0.3 is 0 Å². The van der Waals surface area contributed by atoms with Crippen molar-refractivity contribution in [2.75, 3.05) is 36.4 Å². The molecule has 2 aliphatic heterocycles. The monoisotopic (exact) mass is 377 g/mol. The summed E-state index contributed by atoms with van der Waals surface area (Å²) in [5.74, 6) is 1.68. The summed E-state index contributed by atoms with van der Waals surface area (Å²) in [7, 11) is 0. The Morgan fingerprint density at radius 1 is 1.18 bits per heavy atom. The van der Waals surface area contributed by atoms with E-state index in [2.05, 4.69) is 32.7 Å². The van der Waals surface area contributed by atoms with E-state index in [-0.39, 0.29) is 0 Å². The highest BCUT2D eigenvalue weighted by atomic mass is 19.1. The lowest BCUT2D eigenvalue weighted by molar-refractivity contribution is 0.273. The van der Waals surface area contributed by atoms with Gasteiger partial charge in [-0.15, -0.1) is 0 Å². The van der Waals surface area contributed by atoms with E-state index in [1.54, 1.807) is 18.3 Å². The number of aromatic nitrogens is 2. The third-order valence-corrected chi connectivity index (χ3v) is 5.34. The first kappa shape index (κ1) is 18.1. The SMILES string of the molecule is N#Cc1ccnc(Nc2cc(C3(C#N)CCNCC3)cc(N3CC(F)C3)n2)c1. The molecule has 0 spiro atoms. The highest BCUT2D eigenvalue weighted by Gasteiger charge is 2.36. The Balaban J connectivity index is 1.72. The van der Waals surface area contributed by atoms with Crippen LogP contribution in [-0.4, -0.2) is 42.3 Å². The largest absolute Gasteiger partial charge is 0.351 e. The van der Waals surface area contributed by atoms with Crippen LogP contribution in [0.2, 0.25) is 0 Å². The molecule has 2 saturated heterocycles. The fourth-order valence-electron chi connectivity index (χ4n) is 3.65. The number of nitrogens with one attached hydrogen (secondary N) is 2. The van der Waals surface area contributed by atoms with Crippen molar-refractivity contribution in [1.82, 2.24) is 15.3 Å². The molecule has 0 saturated carbocycles. The second kappa shape index (κ2) is 7.41. The molecule has 142 valence electrons. The number of anilines is 3. The maximum Gasteiger partial charge on any atom is 0.135 e. The lowest BCUT2D eigenvalue weighted by Crippen LogP contribution is -2.49. The number of hydrogen-bond acceptors (Lipinski definition) is 7. The first-order chi connectivity index (χ1) is 13.6. The van der Waals surface area contributed by atoms with Crippen LogP contribution >= 0.6 is 0 Å². The van der Waals surface area contributed by atoms with Crippen LogP contribution in [0.1, 0.15) is 24.0 Å². The minimum atomic E-state index is -0.848. The lowest BCUT2D eigenvalue weighted by atomic mass is 9.74. The lowest BCUT2D eigenvalue weighted by Gasteiger charge is -2.37. The van der Waals surface area contributed by atoms with Crippen LogP contribution in [0, 0.1) is 22.7 Å². The van der Waals surface area contributed by atoms with Gasteiger partial charge < -0.3 is 15.5 Å². The Bertz CT molecular complexity index is 950. The fourth-order valence-corrected chi connectivity index (χ4v) is 3.65. The maximum absolute atomic E-state index is 13.4. The van der Waals surface area contributed by atoms with E-state index in [1.807, 2.05) is 17.0 Å². The molecule has 2 fully saturated rings. The Labute approximate surface area is 162 Å². The summed E-state index contributed by atoms with van der Waals surface area (Å²) in [6, 6.07) is 11.6. The fraction of sp³-hybridized carbons (Fsp3) is 0.400. The molecule has 0 aliphatic carbocycles. The molecule has 4 heterocycles. The van der Waals surface area contributed by atoms with Gasteiger partial charge in [-0.2, -0.15) is 10.5 Å². The standard InChI is InChI=1S/C20H20FN7/c21-16-11-28(12-16)19-9-15(20(13-23)2-5-24-6-3-20)8-18(27-19)26-17-7-14(10-22)1-4-25-17/h1,4,7-9,16,24H,2-3,5-6,11-12H2,(H,25,26,27). The zero-order valence-electron chi connectivity index (χ0n) is 15.3. The van der Waals surface area contributed by atoms with E-state index in [9.17, 15) is 9.65 Å². The van der Waals surface area contributed by atoms with E-state index >= 15 is 0 Å². The van der Waals surface area contributed by atoms with Gasteiger partial charge in [0.2, 0.25) is 0 Å². The Morgan fingerprint density at radius 2 is 1.96 bits per heavy atom. The number of piperidine rings is 1. The topological polar surface area (TPSA) is 101 Å². The molecule has 0 unspecified atom stereocenters. The van der Waals surface area contributed by atoms with Crippen molar-refractivity contribution >= 4 is 17.5 Å². The molecule has 0 aromatic carbocycles. The van der Waals surface area contributed by atoms with Crippen molar-refractivity contribution in [3.63, 3.8) is 0 Å². The van der Waals surface area contributed by atoms with Crippen LogP contribution in [0.4, 0.5) is 21.8 Å². The average molecular weight is 377 g/mol. The molecule has 0 atom stereocenters. The average Bonchev–Trinajstić information content (AvgIpc) is 2.72. The molecule has 2 N–H and O–H groups in total. The van der Waals surface area contributed by atoms with Crippen molar-refractivity contribution in [2.24, 2.45) is 0 Å². The summed E-state index contributed by atoms with van der Waals surface area (Å²) < 4.78 is 13.4. The number of rotatable bonds is 4. The first-order valence-electron chi connectivity index (χ1n) is 9.29. The van der Waals surface area contributed by atoms with Crippen LogP contribution in [0.25, 0.3) is 0 Å². The highest BCUT2D eigenvalue weighted by Crippen LogP contribution is 2.37. The summed E-state index contributed by atoms with van der Waals surface area (Å²) in [6.07, 6.45) is 2.12. The zero-order valence-corrected chi connectivity index (χ0v) is 15.3. The number of alkyl halides is 1. The second-order valence-electron chi connectivity index (χ2n) is 7.21. The van der Waals surface area contributed by atoms with E-state index in [4.69, 9.17) is 5.26 Å². The molecule has 28 heavy (non-hydrogen) atoms. The van der Waals surface area contributed by atoms with E-state index in [0.717, 1.165) is 18.7 Å². The molecule has 0 bridgehead atoms. The molecule has 7 nitrogen and oxygen atoms in total. The van der Waals surface area contributed by atoms with Crippen molar-refractivity contribution in [3.8, 4) is 12.1 Å². The van der Waals surface area contributed by atoms with Crippen LogP contribution in [0.5, 0.6) is 0 Å². The summed E-state index contributed by atoms with van der Waals surface area (Å²) >= 11 is 0. The van der Waals surface area contributed by atoms with E-state index in [1.165, 1.54) is 0 Å². The van der Waals surface area contributed by atoms with Gasteiger partial charge in [0.05, 0.1) is 36.2 Å². The van der Waals surface area contributed by atoms with Crippen LogP contribution in [0.15, 0.2) is 30.5 Å². The quantitative estimate of drug-likeness (QED) is 0.844. The van der Waals surface area contributed by atoms with Gasteiger partial charge in [0.15, 0.2) is 0 Å². The minimum absolute atomic E-state index is 0.305. The van der Waals surface area contributed by atoms with E-state index in [0.29, 0.717) is 48.9 Å². The summed E-state index contributed by atoms with van der Waals surface area (Å²) in [6.45, 7) is 2.16. The number of pyridine rings is 2. The van der Waals surface area contributed by atoms with Crippen LogP contribution in [-0.2, 0) is 5.41 Å². The first-order valence-corrected chi connectivity index (χ1v) is 9.29. The van der Waals surface area contributed by atoms with E-state index < -0.39 is 11.6 Å². The van der Waals surface area contributed by atoms with Gasteiger partial charge in [-0.3, -0.25) is 0 Å². The molecular formula is C20H20FN7. The Kier molecular flexibility index (Phi) is 4.81. The molecule has 8 heteroatoms. The summed E-state index contributed by atoms with van der Waals surface area (Å²) in [5.41, 5.74) is 0.771. The molecule has 2 aliphatic rings. The molecule has 0 amide bonds. The highest BCUT2D eigenvalue weighted by molar-refractivity contribution is 5.60. The predicted molar refractivity (Wildman–Crippen MR) is 103 cm³/mol. The smallest absolute Gasteiger partial charge is 0.135 e. The van der Waals surface area contributed by atoms with Crippen LogP contribution < -0.4 is 15.5 Å². The number of hydrogen-bond donors (Lipinski definition) is 2. The van der Waals surface area contributed by atoms with Crippen molar-refractivity contribution < 1.29 is 4.39 Å². The molecular weight excluding hydrogens is 357 g/mol. The van der Waals surface area contributed by atoms with Gasteiger partial charge in [-0.1, -0.05) is 0 Å². The molecule has 2 aromatic rings. The third kappa shape index (κ3) is 3.47. The van der Waals surface area contributed by atoms with Crippen molar-refractivity contribution in [3.05, 3.63) is 41.6 Å². The number of halogens is 1. The van der Waals surface area contributed by atoms with Gasteiger partial charge in [0.25, 0.3) is 0 Å². The predicted octanol–water partition coefficient (Wildman–Crippen LogP) is 2.39. The number of nitrogens with zero attached hydrogens (tertiary/aromatic N) is 5. The summed E-state index contributed by atoms with van der Waals surface area (Å²) in [5, 5.41) is 25.5. The van der Waals surface area contributed by atoms with Crippen molar-refractivity contribution in [2.45, 2.75) is 24.4 Å². The number of nitriles is 2. The molecule has 2 aromatic heterocycles. The van der Waals surface area contributed by atoms with Gasteiger partial charge in [0.1, 0.15) is 23.6 Å². The minimum Gasteiger partial charge on any atom is -0.351 e. The Morgan fingerprint density at radius 3 is 2.64 bits per heavy atom. The second-order valence-corrected chi connectivity index (χ2v) is 7.21. The van der Waals surface area contributed by atoms with Gasteiger partial charge in [0, 0.05) is 6.20 Å². The van der Waals surface area contributed by atoms with Crippen LogP contribution in [0.3, 0.4) is 0 Å². The maximum atomic E-state index is 13.4. The molecule has 4 rings (SSSR count). The normalized spacial score (nSPS) is 18.6. The van der Waals surface area contributed by atoms with Crippen molar-refractivity contribution in [1.29, 1.82) is 10.5 Å². The third-order valence-electron chi connectivity index (χ3n) is 5.34. The summed E-state index contributed by atoms with van der Waals surface area (Å²) in [4.78, 5) is 10.7. The van der Waals surface area contributed by atoms with Gasteiger partial charge in [-0.05, 0) is 55.8 Å². The molecule has 0 radical (unpaired) electrons.